The largest absolute Gasteiger partial charge is 0.253 e. The minimum absolute atomic E-state index is 0.476. The number of aromatic nitrogens is 5. The molecule has 0 aliphatic carbocycles. The molecule has 8 aromatic carbocycles. The van der Waals surface area contributed by atoms with Gasteiger partial charge in [-0.1, -0.05) is 170 Å². The predicted octanol–water partition coefficient (Wildman–Crippen LogP) is 14.6. The van der Waals surface area contributed by atoms with Crippen molar-refractivity contribution in [3.63, 3.8) is 0 Å². The molecule has 11 aromatic rings. The lowest BCUT2D eigenvalue weighted by molar-refractivity contribution is 1.05. The van der Waals surface area contributed by atoms with Crippen LogP contribution < -0.4 is 0 Å². The number of rotatable bonds is 8. The fourth-order valence-electron chi connectivity index (χ4n) is 8.86. The monoisotopic (exact) mass is 805 g/mol. The molecule has 0 radical (unpaired) electrons. The van der Waals surface area contributed by atoms with Gasteiger partial charge in [-0.05, 0) is 126 Å². The number of hydrogen-bond acceptors (Lipinski definition) is 5. The summed E-state index contributed by atoms with van der Waals surface area (Å²) in [7, 11) is 0. The Hall–Kier alpha value is -8.41. The third-order valence-corrected chi connectivity index (χ3v) is 11.8. The predicted molar refractivity (Wildman–Crippen MR) is 259 cm³/mol. The van der Waals surface area contributed by atoms with Gasteiger partial charge in [0.05, 0.1) is 0 Å². The molecular weight excluding hydrogens is 767 g/mol. The highest BCUT2D eigenvalue weighted by molar-refractivity contribution is 6.22. The lowest BCUT2D eigenvalue weighted by atomic mass is 9.83. The molecule has 0 fully saturated rings. The Balaban J connectivity index is 1.27. The van der Waals surface area contributed by atoms with Gasteiger partial charge in [0.2, 0.25) is 0 Å². The van der Waals surface area contributed by atoms with Crippen molar-refractivity contribution < 1.29 is 0 Å². The molecule has 0 aliphatic heterocycles. The minimum atomic E-state index is 0.476. The first kappa shape index (κ1) is 37.6. The van der Waals surface area contributed by atoms with E-state index in [0.29, 0.717) is 28.9 Å². The molecule has 0 saturated heterocycles. The van der Waals surface area contributed by atoms with Crippen LogP contribution in [0.5, 0.6) is 0 Å². The summed E-state index contributed by atoms with van der Waals surface area (Å²) < 4.78 is 0. The summed E-state index contributed by atoms with van der Waals surface area (Å²) >= 11 is 0. The quantitative estimate of drug-likeness (QED) is 0.143. The Morgan fingerprint density at radius 1 is 0.286 bits per heavy atom. The summed E-state index contributed by atoms with van der Waals surface area (Å²) in [6.45, 7) is 2.20. The van der Waals surface area contributed by atoms with Crippen LogP contribution >= 0.6 is 0 Å². The summed E-state index contributed by atoms with van der Waals surface area (Å²) in [5, 5.41) is 4.26. The standard InChI is InChI=1S/C58H39N5/c1-38-18-8-9-23-43(38)54-48-32-30-42(47-27-13-11-25-45(47)40-21-6-3-7-22-40)37-51(48)55(58-62-56(52-28-14-16-34-59-52)61-57(63-58)53-29-15-17-35-60-53)49-33-31-41(36-50(49)54)46-26-12-10-24-44(46)39-19-4-2-5-20-39/h2-37H,1H3. The maximum absolute atomic E-state index is 5.31. The Labute approximate surface area is 366 Å². The summed E-state index contributed by atoms with van der Waals surface area (Å²) in [6.07, 6.45) is 3.54. The molecule has 0 spiro atoms. The first-order valence-corrected chi connectivity index (χ1v) is 21.2. The fourth-order valence-corrected chi connectivity index (χ4v) is 8.86. The number of pyridine rings is 2. The van der Waals surface area contributed by atoms with E-state index < -0.39 is 0 Å². The highest BCUT2D eigenvalue weighted by atomic mass is 15.1. The molecule has 3 heterocycles. The van der Waals surface area contributed by atoms with Gasteiger partial charge in [-0.25, -0.2) is 15.0 Å². The van der Waals surface area contributed by atoms with Crippen molar-refractivity contribution in [2.75, 3.05) is 0 Å². The van der Waals surface area contributed by atoms with Crippen LogP contribution in [0.25, 0.3) is 112 Å². The van der Waals surface area contributed by atoms with E-state index >= 15 is 0 Å². The van der Waals surface area contributed by atoms with E-state index in [4.69, 9.17) is 24.9 Å². The Kier molecular flexibility index (Phi) is 9.68. The van der Waals surface area contributed by atoms with Crippen LogP contribution in [0.15, 0.2) is 219 Å². The summed E-state index contributed by atoms with van der Waals surface area (Å²) in [4.78, 5) is 25.0. The molecule has 0 saturated carbocycles. The summed E-state index contributed by atoms with van der Waals surface area (Å²) in [6, 6.07) is 72.6. The zero-order chi connectivity index (χ0) is 42.1. The van der Waals surface area contributed by atoms with Crippen molar-refractivity contribution in [1.29, 1.82) is 0 Å². The number of nitrogens with zero attached hydrogens (tertiary/aromatic N) is 5. The Bertz CT molecular complexity index is 3390. The Morgan fingerprint density at radius 2 is 0.683 bits per heavy atom. The average molecular weight is 806 g/mol. The second-order valence-corrected chi connectivity index (χ2v) is 15.6. The maximum Gasteiger partial charge on any atom is 0.182 e. The van der Waals surface area contributed by atoms with Crippen molar-refractivity contribution in [2.45, 2.75) is 6.92 Å². The van der Waals surface area contributed by atoms with Gasteiger partial charge in [0.15, 0.2) is 17.5 Å². The molecule has 0 atom stereocenters. The summed E-state index contributed by atoms with van der Waals surface area (Å²) in [5.41, 5.74) is 14.9. The third kappa shape index (κ3) is 7.02. The van der Waals surface area contributed by atoms with Crippen molar-refractivity contribution in [3.8, 4) is 90.1 Å². The van der Waals surface area contributed by atoms with Gasteiger partial charge < -0.3 is 0 Å². The highest BCUT2D eigenvalue weighted by Gasteiger charge is 2.24. The number of fused-ring (bicyclic) bond motifs is 2. The molecule has 5 heteroatoms. The molecule has 11 rings (SSSR count). The molecule has 0 unspecified atom stereocenters. The van der Waals surface area contributed by atoms with Crippen molar-refractivity contribution in [1.82, 2.24) is 24.9 Å². The van der Waals surface area contributed by atoms with Crippen molar-refractivity contribution >= 4 is 21.5 Å². The third-order valence-electron chi connectivity index (χ3n) is 11.8. The van der Waals surface area contributed by atoms with E-state index in [-0.39, 0.29) is 0 Å². The smallest absolute Gasteiger partial charge is 0.182 e. The van der Waals surface area contributed by atoms with E-state index in [1.165, 1.54) is 22.3 Å². The lowest BCUT2D eigenvalue weighted by Gasteiger charge is -2.21. The molecule has 0 bridgehead atoms. The van der Waals surface area contributed by atoms with Crippen LogP contribution in [0.4, 0.5) is 0 Å². The zero-order valence-electron chi connectivity index (χ0n) is 34.5. The van der Waals surface area contributed by atoms with Crippen LogP contribution in [0.1, 0.15) is 5.56 Å². The fraction of sp³-hybridized carbons (Fsp3) is 0.0172. The highest BCUT2D eigenvalue weighted by Crippen LogP contribution is 2.47. The van der Waals surface area contributed by atoms with Crippen LogP contribution in [0.3, 0.4) is 0 Å². The van der Waals surface area contributed by atoms with E-state index in [2.05, 4.69) is 177 Å². The van der Waals surface area contributed by atoms with Gasteiger partial charge in [0.25, 0.3) is 0 Å². The molecule has 0 amide bonds. The van der Waals surface area contributed by atoms with Crippen LogP contribution in [-0.2, 0) is 0 Å². The molecule has 63 heavy (non-hydrogen) atoms. The first-order chi connectivity index (χ1) is 31.2. The minimum Gasteiger partial charge on any atom is -0.253 e. The van der Waals surface area contributed by atoms with E-state index in [1.807, 2.05) is 36.4 Å². The number of benzene rings is 8. The zero-order valence-corrected chi connectivity index (χ0v) is 34.5. The van der Waals surface area contributed by atoms with Gasteiger partial charge in [0, 0.05) is 18.0 Å². The van der Waals surface area contributed by atoms with Crippen molar-refractivity contribution in [2.24, 2.45) is 0 Å². The van der Waals surface area contributed by atoms with E-state index in [9.17, 15) is 0 Å². The first-order valence-electron chi connectivity index (χ1n) is 21.2. The maximum atomic E-state index is 5.31. The number of aryl methyl sites for hydroxylation is 1. The molecule has 0 N–H and O–H groups in total. The van der Waals surface area contributed by atoms with Crippen LogP contribution in [-0.4, -0.2) is 24.9 Å². The molecule has 296 valence electrons. The second kappa shape index (κ2) is 16.2. The lowest BCUT2D eigenvalue weighted by Crippen LogP contribution is -2.03. The van der Waals surface area contributed by atoms with Crippen LogP contribution in [0.2, 0.25) is 0 Å². The van der Waals surface area contributed by atoms with Crippen LogP contribution in [0, 0.1) is 6.92 Å². The molecule has 3 aromatic heterocycles. The van der Waals surface area contributed by atoms with Gasteiger partial charge in [-0.2, -0.15) is 0 Å². The molecule has 0 aliphatic rings. The van der Waals surface area contributed by atoms with Gasteiger partial charge in [-0.15, -0.1) is 0 Å². The Morgan fingerprint density at radius 3 is 1.16 bits per heavy atom. The topological polar surface area (TPSA) is 64.5 Å². The van der Waals surface area contributed by atoms with Gasteiger partial charge >= 0.3 is 0 Å². The normalized spacial score (nSPS) is 11.3. The number of hydrogen-bond donors (Lipinski definition) is 0. The summed E-state index contributed by atoms with van der Waals surface area (Å²) in [5.74, 6) is 1.50. The molecular formula is C58H39N5. The van der Waals surface area contributed by atoms with E-state index in [0.717, 1.165) is 66.1 Å². The van der Waals surface area contributed by atoms with Gasteiger partial charge in [-0.3, -0.25) is 9.97 Å². The average Bonchev–Trinajstić information content (AvgIpc) is 3.36. The van der Waals surface area contributed by atoms with Gasteiger partial charge in [0.1, 0.15) is 11.4 Å². The van der Waals surface area contributed by atoms with Crippen molar-refractivity contribution in [3.05, 3.63) is 224 Å². The SMILES string of the molecule is Cc1ccccc1-c1c2ccc(-c3ccccc3-c3ccccc3)cc2c(-c2nc(-c3ccccn3)nc(-c3ccccn3)n2)c2ccc(-c3ccccc3-c3ccccc3)cc12. The van der Waals surface area contributed by atoms with E-state index in [1.54, 1.807) is 12.4 Å². The second-order valence-electron chi connectivity index (χ2n) is 15.6. The molecule has 5 nitrogen and oxygen atoms in total.